The van der Waals surface area contributed by atoms with E-state index in [1.807, 2.05) is 20.0 Å². The van der Waals surface area contributed by atoms with Gasteiger partial charge >= 0.3 is 6.03 Å². The molecule has 0 bridgehead atoms. The summed E-state index contributed by atoms with van der Waals surface area (Å²) < 4.78 is 0. The molecule has 0 aromatic heterocycles. The number of nitrogens with one attached hydrogen (secondary N) is 1. The van der Waals surface area contributed by atoms with Gasteiger partial charge in [0, 0.05) is 26.2 Å². The molecule has 1 fully saturated rings. The lowest BCUT2D eigenvalue weighted by molar-refractivity contribution is -0.121. The lowest BCUT2D eigenvalue weighted by Crippen LogP contribution is -2.50. The SMILES string of the molecule is C=C/C=C\N(C)/C(=C\C)N1CCC(=O)NC1=O. The first-order chi connectivity index (χ1) is 8.10. The minimum Gasteiger partial charge on any atom is -0.338 e. The quantitative estimate of drug-likeness (QED) is 0.750. The molecule has 0 radical (unpaired) electrons. The van der Waals surface area contributed by atoms with E-state index >= 15 is 0 Å². The topological polar surface area (TPSA) is 52.6 Å². The third-order valence-corrected chi connectivity index (χ3v) is 2.40. The Bertz CT molecular complexity index is 385. The zero-order valence-corrected chi connectivity index (χ0v) is 10.1. The van der Waals surface area contributed by atoms with Crippen molar-refractivity contribution < 1.29 is 9.59 Å². The van der Waals surface area contributed by atoms with E-state index in [-0.39, 0.29) is 11.9 Å². The Hall–Kier alpha value is -2.04. The van der Waals surface area contributed by atoms with E-state index in [0.717, 1.165) is 5.82 Å². The summed E-state index contributed by atoms with van der Waals surface area (Å²) in [5, 5.41) is 2.29. The molecule has 1 aliphatic rings. The molecule has 1 aliphatic heterocycles. The summed E-state index contributed by atoms with van der Waals surface area (Å²) in [6, 6.07) is -0.381. The van der Waals surface area contributed by atoms with Crippen molar-refractivity contribution in [2.45, 2.75) is 13.3 Å². The molecular formula is C12H17N3O2. The van der Waals surface area contributed by atoms with Crippen molar-refractivity contribution in [2.75, 3.05) is 13.6 Å². The molecule has 0 unspecified atom stereocenters. The normalized spacial score (nSPS) is 17.3. The molecule has 5 nitrogen and oxygen atoms in total. The molecule has 1 saturated heterocycles. The van der Waals surface area contributed by atoms with Gasteiger partial charge in [-0.25, -0.2) is 4.79 Å². The molecule has 0 saturated carbocycles. The van der Waals surface area contributed by atoms with Crippen LogP contribution in [-0.2, 0) is 4.79 Å². The van der Waals surface area contributed by atoms with Crippen LogP contribution in [0.4, 0.5) is 4.79 Å². The Kier molecular flexibility index (Phi) is 4.51. The molecule has 3 amide bonds. The molecular weight excluding hydrogens is 218 g/mol. The Morgan fingerprint density at radius 3 is 2.76 bits per heavy atom. The zero-order valence-electron chi connectivity index (χ0n) is 10.1. The van der Waals surface area contributed by atoms with Gasteiger partial charge in [0.1, 0.15) is 5.82 Å². The first-order valence-electron chi connectivity index (χ1n) is 5.40. The molecule has 92 valence electrons. The molecule has 0 spiro atoms. The van der Waals surface area contributed by atoms with E-state index < -0.39 is 0 Å². The van der Waals surface area contributed by atoms with E-state index in [1.54, 1.807) is 23.3 Å². The summed E-state index contributed by atoms with van der Waals surface area (Å²) in [5.74, 6) is 0.499. The Morgan fingerprint density at radius 2 is 2.24 bits per heavy atom. The van der Waals surface area contributed by atoms with Crippen LogP contribution in [0, 0.1) is 0 Å². The van der Waals surface area contributed by atoms with Crippen LogP contribution in [0.3, 0.4) is 0 Å². The average Bonchev–Trinajstić information content (AvgIpc) is 2.30. The number of amides is 3. The number of urea groups is 1. The summed E-state index contributed by atoms with van der Waals surface area (Å²) in [6.45, 7) is 5.83. The second-order valence-electron chi connectivity index (χ2n) is 3.59. The van der Waals surface area contributed by atoms with Crippen LogP contribution in [-0.4, -0.2) is 35.3 Å². The van der Waals surface area contributed by atoms with Gasteiger partial charge in [0.2, 0.25) is 5.91 Å². The smallest absolute Gasteiger partial charge is 0.329 e. The fourth-order valence-corrected chi connectivity index (χ4v) is 1.60. The van der Waals surface area contributed by atoms with Crippen molar-refractivity contribution in [1.29, 1.82) is 0 Å². The van der Waals surface area contributed by atoms with E-state index in [0.29, 0.717) is 13.0 Å². The third-order valence-electron chi connectivity index (χ3n) is 2.40. The molecule has 0 aromatic carbocycles. The Labute approximate surface area is 101 Å². The van der Waals surface area contributed by atoms with Gasteiger partial charge in [0.25, 0.3) is 0 Å². The van der Waals surface area contributed by atoms with Gasteiger partial charge in [0.15, 0.2) is 0 Å². The minimum atomic E-state index is -0.381. The van der Waals surface area contributed by atoms with Gasteiger partial charge < -0.3 is 4.90 Å². The predicted octanol–water partition coefficient (Wildman–Crippen LogP) is 1.42. The predicted molar refractivity (Wildman–Crippen MR) is 65.7 cm³/mol. The van der Waals surface area contributed by atoms with Crippen LogP contribution in [0.25, 0.3) is 0 Å². The number of nitrogens with zero attached hydrogens (tertiary/aromatic N) is 2. The standard InChI is InChI=1S/C12H17N3O2/c1-4-6-8-14(3)11(5-2)15-9-7-10(16)13-12(15)17/h4-6,8H,1,7,9H2,2-3H3,(H,13,16,17)/b8-6-,11-5+. The molecule has 0 atom stereocenters. The van der Waals surface area contributed by atoms with Crippen molar-refractivity contribution in [1.82, 2.24) is 15.1 Å². The third kappa shape index (κ3) is 3.21. The van der Waals surface area contributed by atoms with Crippen LogP contribution in [0.5, 0.6) is 0 Å². The van der Waals surface area contributed by atoms with Gasteiger partial charge in [-0.05, 0) is 19.1 Å². The lowest BCUT2D eigenvalue weighted by Gasteiger charge is -2.32. The Balaban J connectivity index is 2.81. The van der Waals surface area contributed by atoms with Crippen molar-refractivity contribution in [3.63, 3.8) is 0 Å². The minimum absolute atomic E-state index is 0.231. The average molecular weight is 235 g/mol. The van der Waals surface area contributed by atoms with Gasteiger partial charge in [-0.3, -0.25) is 15.0 Å². The summed E-state index contributed by atoms with van der Waals surface area (Å²) in [5.41, 5.74) is 0. The summed E-state index contributed by atoms with van der Waals surface area (Å²) in [4.78, 5) is 26.1. The van der Waals surface area contributed by atoms with Gasteiger partial charge in [-0.2, -0.15) is 0 Å². The second-order valence-corrected chi connectivity index (χ2v) is 3.59. The number of hydrogen-bond acceptors (Lipinski definition) is 3. The number of hydrogen-bond donors (Lipinski definition) is 1. The van der Waals surface area contributed by atoms with Gasteiger partial charge in [0.05, 0.1) is 0 Å². The summed E-state index contributed by atoms with van der Waals surface area (Å²) in [6.07, 6.45) is 7.37. The van der Waals surface area contributed by atoms with Crippen LogP contribution in [0.2, 0.25) is 0 Å². The van der Waals surface area contributed by atoms with Crippen molar-refractivity contribution in [2.24, 2.45) is 0 Å². The van der Waals surface area contributed by atoms with Crippen molar-refractivity contribution in [3.05, 3.63) is 36.8 Å². The van der Waals surface area contributed by atoms with E-state index in [1.165, 1.54) is 4.90 Å². The highest BCUT2D eigenvalue weighted by atomic mass is 16.2. The number of carbonyl (C=O) groups is 2. The fourth-order valence-electron chi connectivity index (χ4n) is 1.60. The lowest BCUT2D eigenvalue weighted by atomic mass is 10.3. The van der Waals surface area contributed by atoms with Gasteiger partial charge in [-0.15, -0.1) is 0 Å². The van der Waals surface area contributed by atoms with E-state index in [4.69, 9.17) is 0 Å². The molecule has 0 aromatic rings. The van der Waals surface area contributed by atoms with Crippen LogP contribution >= 0.6 is 0 Å². The Morgan fingerprint density at radius 1 is 1.53 bits per heavy atom. The zero-order chi connectivity index (χ0) is 12.8. The monoisotopic (exact) mass is 235 g/mol. The first-order valence-corrected chi connectivity index (χ1v) is 5.40. The number of allylic oxidation sites excluding steroid dienone is 3. The molecule has 17 heavy (non-hydrogen) atoms. The number of imide groups is 1. The number of carbonyl (C=O) groups excluding carboxylic acids is 2. The molecule has 1 rings (SSSR count). The van der Waals surface area contributed by atoms with Crippen LogP contribution < -0.4 is 5.32 Å². The fraction of sp³-hybridized carbons (Fsp3) is 0.333. The first kappa shape index (κ1) is 13.0. The van der Waals surface area contributed by atoms with Crippen molar-refractivity contribution in [3.8, 4) is 0 Å². The molecule has 0 aliphatic carbocycles. The summed E-state index contributed by atoms with van der Waals surface area (Å²) >= 11 is 0. The highest BCUT2D eigenvalue weighted by Crippen LogP contribution is 2.13. The van der Waals surface area contributed by atoms with E-state index in [9.17, 15) is 9.59 Å². The highest BCUT2D eigenvalue weighted by molar-refractivity contribution is 5.97. The van der Waals surface area contributed by atoms with Crippen LogP contribution in [0.15, 0.2) is 36.8 Å². The van der Waals surface area contributed by atoms with Crippen molar-refractivity contribution >= 4 is 11.9 Å². The molecule has 1 N–H and O–H groups in total. The maximum absolute atomic E-state index is 11.7. The number of rotatable bonds is 4. The van der Waals surface area contributed by atoms with E-state index in [2.05, 4.69) is 11.9 Å². The van der Waals surface area contributed by atoms with Crippen LogP contribution in [0.1, 0.15) is 13.3 Å². The maximum atomic E-state index is 11.7. The molecule has 1 heterocycles. The maximum Gasteiger partial charge on any atom is 0.329 e. The highest BCUT2D eigenvalue weighted by Gasteiger charge is 2.26. The molecule has 5 heteroatoms. The second kappa shape index (κ2) is 5.89. The largest absolute Gasteiger partial charge is 0.338 e. The van der Waals surface area contributed by atoms with Gasteiger partial charge in [-0.1, -0.05) is 12.7 Å². The summed E-state index contributed by atoms with van der Waals surface area (Å²) in [7, 11) is 1.83.